The molecule has 3 rings (SSSR count). The van der Waals surface area contributed by atoms with E-state index in [4.69, 9.17) is 4.74 Å². The minimum atomic E-state index is -0.211. The number of ether oxygens (including phenoxy) is 1. The molecular formula is C15H18N4O3S. The summed E-state index contributed by atoms with van der Waals surface area (Å²) in [5.41, 5.74) is 3.14. The quantitative estimate of drug-likeness (QED) is 0.811. The molecule has 122 valence electrons. The van der Waals surface area contributed by atoms with Crippen LogP contribution in [0, 0.1) is 0 Å². The van der Waals surface area contributed by atoms with Crippen molar-refractivity contribution in [2.24, 2.45) is 5.10 Å². The van der Waals surface area contributed by atoms with Crippen LogP contribution in [0.5, 0.6) is 0 Å². The maximum atomic E-state index is 12.0. The first-order valence-corrected chi connectivity index (χ1v) is 8.57. The second kappa shape index (κ2) is 7.47. The predicted molar refractivity (Wildman–Crippen MR) is 89.2 cm³/mol. The minimum Gasteiger partial charge on any atom is -0.453 e. The molecule has 23 heavy (non-hydrogen) atoms. The third kappa shape index (κ3) is 4.02. The average Bonchev–Trinajstić information content (AvgIpc) is 2.95. The second-order valence-corrected chi connectivity index (χ2v) is 6.40. The van der Waals surface area contributed by atoms with Gasteiger partial charge in [0.1, 0.15) is 0 Å². The molecule has 0 aliphatic carbocycles. The molecular weight excluding hydrogens is 316 g/mol. The molecule has 2 aliphatic rings. The molecule has 8 heteroatoms. The Hall–Kier alpha value is -2.06. The van der Waals surface area contributed by atoms with E-state index < -0.39 is 0 Å². The number of hydrogen-bond acceptors (Lipinski definition) is 6. The summed E-state index contributed by atoms with van der Waals surface area (Å²) in [6.07, 6.45) is 0. The largest absolute Gasteiger partial charge is 0.453 e. The lowest BCUT2D eigenvalue weighted by Gasteiger charge is -2.24. The van der Waals surface area contributed by atoms with E-state index in [1.807, 2.05) is 30.0 Å². The molecule has 2 fully saturated rings. The van der Waals surface area contributed by atoms with Gasteiger partial charge in [-0.25, -0.2) is 10.3 Å². The van der Waals surface area contributed by atoms with Gasteiger partial charge in [-0.2, -0.15) is 11.8 Å². The third-order valence-electron chi connectivity index (χ3n) is 3.53. The van der Waals surface area contributed by atoms with Crippen LogP contribution in [0.4, 0.5) is 5.69 Å². The standard InChI is InChI=1S/C15H18N4O3S/c20-13(10-18-6-8-23-9-7-18)16-17-15-19(14(21)11-22-15)12-4-2-1-3-5-12/h1-5H,6-11H2,(H,16,20)/b17-15+. The number of nitrogens with zero attached hydrogens (tertiary/aromatic N) is 3. The number of carbonyl (C=O) groups is 2. The lowest BCUT2D eigenvalue weighted by atomic mass is 10.3. The van der Waals surface area contributed by atoms with Crippen LogP contribution in [0.2, 0.25) is 0 Å². The van der Waals surface area contributed by atoms with Crippen LogP contribution >= 0.6 is 11.8 Å². The van der Waals surface area contributed by atoms with Crippen molar-refractivity contribution in [3.05, 3.63) is 30.3 Å². The van der Waals surface area contributed by atoms with Crippen molar-refractivity contribution in [1.29, 1.82) is 0 Å². The van der Waals surface area contributed by atoms with E-state index in [-0.39, 0.29) is 24.4 Å². The lowest BCUT2D eigenvalue weighted by Crippen LogP contribution is -2.41. The fourth-order valence-electron chi connectivity index (χ4n) is 2.38. The van der Waals surface area contributed by atoms with Crippen molar-refractivity contribution in [2.45, 2.75) is 0 Å². The summed E-state index contributed by atoms with van der Waals surface area (Å²) in [6.45, 7) is 2.03. The highest BCUT2D eigenvalue weighted by molar-refractivity contribution is 7.99. The SMILES string of the molecule is O=C(CN1CCSCC1)N/N=C1/OCC(=O)N1c1ccccc1. The smallest absolute Gasteiger partial charge is 0.321 e. The molecule has 2 aliphatic heterocycles. The predicted octanol–water partition coefficient (Wildman–Crippen LogP) is 0.486. The molecule has 1 aromatic carbocycles. The van der Waals surface area contributed by atoms with E-state index in [9.17, 15) is 9.59 Å². The van der Waals surface area contributed by atoms with Crippen molar-refractivity contribution in [3.8, 4) is 0 Å². The number of para-hydroxylation sites is 1. The number of rotatable bonds is 4. The molecule has 0 radical (unpaired) electrons. The molecule has 2 saturated heterocycles. The number of thioether (sulfide) groups is 1. The Labute approximate surface area is 138 Å². The normalized spacial score (nSPS) is 20.6. The number of hydrazone groups is 1. The highest BCUT2D eigenvalue weighted by Gasteiger charge is 2.31. The molecule has 0 aromatic heterocycles. The summed E-state index contributed by atoms with van der Waals surface area (Å²) in [5.74, 6) is 1.67. The first-order chi connectivity index (χ1) is 11.2. The third-order valence-corrected chi connectivity index (χ3v) is 4.47. The van der Waals surface area contributed by atoms with E-state index in [0.717, 1.165) is 24.6 Å². The Morgan fingerprint density at radius 3 is 2.74 bits per heavy atom. The van der Waals surface area contributed by atoms with E-state index in [1.54, 1.807) is 12.1 Å². The van der Waals surface area contributed by atoms with Crippen LogP contribution in [-0.2, 0) is 14.3 Å². The van der Waals surface area contributed by atoms with Crippen molar-refractivity contribution in [1.82, 2.24) is 10.3 Å². The number of amides is 2. The van der Waals surface area contributed by atoms with Crippen LogP contribution in [0.1, 0.15) is 0 Å². The van der Waals surface area contributed by atoms with Crippen molar-refractivity contribution >= 4 is 35.3 Å². The topological polar surface area (TPSA) is 74.2 Å². The van der Waals surface area contributed by atoms with E-state index in [2.05, 4.69) is 15.4 Å². The molecule has 0 atom stereocenters. The van der Waals surface area contributed by atoms with Crippen LogP contribution in [0.3, 0.4) is 0 Å². The zero-order valence-corrected chi connectivity index (χ0v) is 13.4. The van der Waals surface area contributed by atoms with Gasteiger partial charge in [0.05, 0.1) is 12.2 Å². The fraction of sp³-hybridized carbons (Fsp3) is 0.400. The van der Waals surface area contributed by atoms with Crippen molar-refractivity contribution < 1.29 is 14.3 Å². The van der Waals surface area contributed by atoms with Gasteiger partial charge in [0.15, 0.2) is 6.61 Å². The Morgan fingerprint density at radius 2 is 2.00 bits per heavy atom. The highest BCUT2D eigenvalue weighted by Crippen LogP contribution is 2.18. The van der Waals surface area contributed by atoms with Gasteiger partial charge in [-0.15, -0.1) is 5.10 Å². The Balaban J connectivity index is 1.61. The number of carbonyl (C=O) groups excluding carboxylic acids is 2. The molecule has 7 nitrogen and oxygen atoms in total. The molecule has 0 spiro atoms. The Bertz CT molecular complexity index is 602. The molecule has 1 aromatic rings. The number of amidine groups is 1. The number of benzene rings is 1. The summed E-state index contributed by atoms with van der Waals surface area (Å²) in [7, 11) is 0. The van der Waals surface area contributed by atoms with E-state index >= 15 is 0 Å². The van der Waals surface area contributed by atoms with Gasteiger partial charge < -0.3 is 4.74 Å². The Kier molecular flexibility index (Phi) is 5.14. The molecule has 0 bridgehead atoms. The fourth-order valence-corrected chi connectivity index (χ4v) is 3.36. The van der Waals surface area contributed by atoms with Gasteiger partial charge in [-0.3, -0.25) is 14.5 Å². The zero-order valence-electron chi connectivity index (χ0n) is 12.6. The van der Waals surface area contributed by atoms with Crippen LogP contribution in [-0.4, -0.2) is 60.5 Å². The van der Waals surface area contributed by atoms with Gasteiger partial charge in [0.2, 0.25) is 0 Å². The van der Waals surface area contributed by atoms with Crippen LogP contribution < -0.4 is 10.3 Å². The van der Waals surface area contributed by atoms with E-state index in [1.165, 1.54) is 4.90 Å². The molecule has 0 unspecified atom stereocenters. The summed E-state index contributed by atoms with van der Waals surface area (Å²) in [6, 6.07) is 9.19. The summed E-state index contributed by atoms with van der Waals surface area (Å²) in [5, 5.41) is 3.96. The van der Waals surface area contributed by atoms with Crippen LogP contribution in [0.25, 0.3) is 0 Å². The van der Waals surface area contributed by atoms with Gasteiger partial charge in [-0.05, 0) is 12.1 Å². The molecule has 1 N–H and O–H groups in total. The summed E-state index contributed by atoms with van der Waals surface area (Å²) >= 11 is 1.89. The maximum absolute atomic E-state index is 12.0. The second-order valence-electron chi connectivity index (χ2n) is 5.17. The minimum absolute atomic E-state index is 0.0764. The Morgan fingerprint density at radius 1 is 1.26 bits per heavy atom. The zero-order chi connectivity index (χ0) is 16.1. The number of nitrogens with one attached hydrogen (secondary N) is 1. The van der Waals surface area contributed by atoms with Crippen molar-refractivity contribution in [2.75, 3.05) is 42.6 Å². The highest BCUT2D eigenvalue weighted by atomic mass is 32.2. The monoisotopic (exact) mass is 334 g/mol. The van der Waals surface area contributed by atoms with Gasteiger partial charge in [-0.1, -0.05) is 18.2 Å². The molecule has 0 saturated carbocycles. The number of anilines is 1. The van der Waals surface area contributed by atoms with Crippen LogP contribution in [0.15, 0.2) is 35.4 Å². The average molecular weight is 334 g/mol. The molecule has 2 heterocycles. The lowest BCUT2D eigenvalue weighted by molar-refractivity contribution is -0.122. The van der Waals surface area contributed by atoms with Gasteiger partial charge >= 0.3 is 6.02 Å². The van der Waals surface area contributed by atoms with E-state index in [0.29, 0.717) is 12.2 Å². The van der Waals surface area contributed by atoms with Crippen molar-refractivity contribution in [3.63, 3.8) is 0 Å². The van der Waals surface area contributed by atoms with Gasteiger partial charge in [0, 0.05) is 24.6 Å². The van der Waals surface area contributed by atoms with Gasteiger partial charge in [0.25, 0.3) is 11.8 Å². The molecule has 2 amide bonds. The number of hydrogen-bond donors (Lipinski definition) is 1. The first kappa shape index (κ1) is 15.8. The first-order valence-electron chi connectivity index (χ1n) is 7.41. The summed E-state index contributed by atoms with van der Waals surface area (Å²) in [4.78, 5) is 27.4. The summed E-state index contributed by atoms with van der Waals surface area (Å²) < 4.78 is 5.27. The maximum Gasteiger partial charge on any atom is 0.321 e.